The lowest BCUT2D eigenvalue weighted by molar-refractivity contribution is -0.133. The third kappa shape index (κ3) is 5.11. The second kappa shape index (κ2) is 7.89. The predicted octanol–water partition coefficient (Wildman–Crippen LogP) is 3.23. The first kappa shape index (κ1) is 16.4. The smallest absolute Gasteiger partial charge is 0.313 e. The quantitative estimate of drug-likeness (QED) is 0.805. The van der Waals surface area contributed by atoms with E-state index in [9.17, 15) is 4.79 Å². The third-order valence-electron chi connectivity index (χ3n) is 3.00. The van der Waals surface area contributed by atoms with Crippen LogP contribution in [0.1, 0.15) is 22.9 Å². The van der Waals surface area contributed by atoms with E-state index < -0.39 is 5.97 Å². The fourth-order valence-corrected chi connectivity index (χ4v) is 2.74. The Kier molecular flexibility index (Phi) is 5.89. The number of nitrogens with zero attached hydrogens (tertiary/aromatic N) is 1. The van der Waals surface area contributed by atoms with Gasteiger partial charge in [-0.3, -0.25) is 4.79 Å². The van der Waals surface area contributed by atoms with Crippen LogP contribution < -0.4 is 4.74 Å². The number of hydrogen-bond donors (Lipinski definition) is 1. The van der Waals surface area contributed by atoms with Crippen molar-refractivity contribution in [1.29, 1.82) is 0 Å². The Morgan fingerprint density at radius 3 is 2.91 bits per heavy atom. The fraction of sp³-hybridized carbons (Fsp3) is 0.375. The van der Waals surface area contributed by atoms with Gasteiger partial charge < -0.3 is 14.3 Å². The molecule has 0 aliphatic carbocycles. The van der Waals surface area contributed by atoms with Crippen molar-refractivity contribution < 1.29 is 19.1 Å². The van der Waals surface area contributed by atoms with Crippen molar-refractivity contribution in [1.82, 2.24) is 4.98 Å². The molecule has 0 bridgehead atoms. The van der Waals surface area contributed by atoms with Crippen molar-refractivity contribution in [2.24, 2.45) is 0 Å². The van der Waals surface area contributed by atoms with Crippen LogP contribution in [0.15, 0.2) is 28.7 Å². The number of thioether (sulfide) groups is 1. The minimum atomic E-state index is -0.796. The lowest BCUT2D eigenvalue weighted by atomic mass is 10.2. The summed E-state index contributed by atoms with van der Waals surface area (Å²) in [6, 6.07) is 7.71. The highest BCUT2D eigenvalue weighted by molar-refractivity contribution is 7.99. The molecule has 0 fully saturated rings. The molecular weight excluding hydrogens is 302 g/mol. The van der Waals surface area contributed by atoms with E-state index in [1.54, 1.807) is 0 Å². The molecular formula is C16H19NO4S. The first-order chi connectivity index (χ1) is 10.5. The fourth-order valence-electron chi connectivity index (χ4n) is 2.05. The van der Waals surface area contributed by atoms with Crippen molar-refractivity contribution in [2.45, 2.75) is 26.0 Å². The molecule has 0 saturated carbocycles. The number of aryl methyl sites for hydroxylation is 2. The van der Waals surface area contributed by atoms with Gasteiger partial charge in [0.2, 0.25) is 0 Å². The number of ether oxygens (including phenoxy) is 1. The van der Waals surface area contributed by atoms with Crippen molar-refractivity contribution in [3.63, 3.8) is 0 Å². The summed E-state index contributed by atoms with van der Waals surface area (Å²) in [6.45, 7) is 4.25. The summed E-state index contributed by atoms with van der Waals surface area (Å²) in [7, 11) is 0. The van der Waals surface area contributed by atoms with Gasteiger partial charge in [0.05, 0.1) is 18.1 Å². The highest BCUT2D eigenvalue weighted by atomic mass is 32.2. The van der Waals surface area contributed by atoms with E-state index in [4.69, 9.17) is 14.3 Å². The molecule has 0 unspecified atom stereocenters. The van der Waals surface area contributed by atoms with Crippen LogP contribution in [0.5, 0.6) is 5.75 Å². The SMILES string of the molecule is Cc1nc(CCOc2cccc(CSCC(=O)O)c2)c(C)o1. The molecule has 6 heteroatoms. The van der Waals surface area contributed by atoms with Crippen LogP contribution in [0, 0.1) is 13.8 Å². The Bertz CT molecular complexity index is 639. The maximum absolute atomic E-state index is 10.5. The molecule has 22 heavy (non-hydrogen) atoms. The monoisotopic (exact) mass is 321 g/mol. The normalized spacial score (nSPS) is 10.6. The van der Waals surface area contributed by atoms with Gasteiger partial charge in [-0.25, -0.2) is 4.98 Å². The van der Waals surface area contributed by atoms with Crippen molar-refractivity contribution in [3.05, 3.63) is 47.2 Å². The number of carbonyl (C=O) groups is 1. The van der Waals surface area contributed by atoms with Gasteiger partial charge in [-0.05, 0) is 24.6 Å². The van der Waals surface area contributed by atoms with Crippen molar-refractivity contribution >= 4 is 17.7 Å². The molecule has 2 rings (SSSR count). The van der Waals surface area contributed by atoms with Gasteiger partial charge in [0.1, 0.15) is 11.5 Å². The van der Waals surface area contributed by atoms with Crippen LogP contribution >= 0.6 is 11.8 Å². The van der Waals surface area contributed by atoms with Crippen molar-refractivity contribution in [2.75, 3.05) is 12.4 Å². The molecule has 2 aromatic rings. The predicted molar refractivity (Wildman–Crippen MR) is 85.4 cm³/mol. The van der Waals surface area contributed by atoms with Crippen LogP contribution in [-0.2, 0) is 17.0 Å². The topological polar surface area (TPSA) is 72.6 Å². The molecule has 0 aliphatic rings. The number of aromatic nitrogens is 1. The van der Waals surface area contributed by atoms with E-state index in [0.29, 0.717) is 24.7 Å². The van der Waals surface area contributed by atoms with Crippen LogP contribution in [0.3, 0.4) is 0 Å². The van der Waals surface area contributed by atoms with Crippen LogP contribution in [-0.4, -0.2) is 28.4 Å². The van der Waals surface area contributed by atoms with Gasteiger partial charge in [-0.15, -0.1) is 11.8 Å². The summed E-state index contributed by atoms with van der Waals surface area (Å²) >= 11 is 1.37. The number of carboxylic acid groups (broad SMARTS) is 1. The Balaban J connectivity index is 1.82. The number of hydrogen-bond acceptors (Lipinski definition) is 5. The number of aliphatic carboxylic acids is 1. The highest BCUT2D eigenvalue weighted by Crippen LogP contribution is 2.18. The standard InChI is InChI=1S/C16H19NO4S/c1-11-15(17-12(2)21-11)6-7-20-14-5-3-4-13(8-14)9-22-10-16(18)19/h3-5,8H,6-7,9-10H2,1-2H3,(H,18,19). The summed E-state index contributed by atoms with van der Waals surface area (Å²) in [5, 5.41) is 8.64. The van der Waals surface area contributed by atoms with E-state index in [1.807, 2.05) is 38.1 Å². The minimum Gasteiger partial charge on any atom is -0.493 e. The summed E-state index contributed by atoms with van der Waals surface area (Å²) in [4.78, 5) is 14.8. The molecule has 1 aromatic heterocycles. The zero-order valence-electron chi connectivity index (χ0n) is 12.7. The average molecular weight is 321 g/mol. The number of benzene rings is 1. The summed E-state index contributed by atoms with van der Waals surface area (Å²) in [5.74, 6) is 2.26. The van der Waals surface area contributed by atoms with Crippen molar-refractivity contribution in [3.8, 4) is 5.75 Å². The van der Waals surface area contributed by atoms with Gasteiger partial charge in [0, 0.05) is 19.1 Å². The molecule has 1 aromatic carbocycles. The first-order valence-electron chi connectivity index (χ1n) is 6.99. The highest BCUT2D eigenvalue weighted by Gasteiger charge is 2.07. The van der Waals surface area contributed by atoms with Crippen LogP contribution in [0.2, 0.25) is 0 Å². The summed E-state index contributed by atoms with van der Waals surface area (Å²) in [5.41, 5.74) is 1.97. The molecule has 0 aliphatic heterocycles. The van der Waals surface area contributed by atoms with Gasteiger partial charge in [-0.1, -0.05) is 12.1 Å². The Labute approximate surface area is 133 Å². The van der Waals surface area contributed by atoms with Gasteiger partial charge in [-0.2, -0.15) is 0 Å². The van der Waals surface area contributed by atoms with Gasteiger partial charge in [0.15, 0.2) is 5.89 Å². The molecule has 0 spiro atoms. The van der Waals surface area contributed by atoms with Gasteiger partial charge in [0.25, 0.3) is 0 Å². The van der Waals surface area contributed by atoms with Crippen LogP contribution in [0.4, 0.5) is 0 Å². The summed E-state index contributed by atoms with van der Waals surface area (Å²) < 4.78 is 11.1. The number of carboxylic acids is 1. The number of rotatable bonds is 8. The van der Waals surface area contributed by atoms with Gasteiger partial charge >= 0.3 is 5.97 Å². The second-order valence-corrected chi connectivity index (χ2v) is 5.85. The molecule has 1 heterocycles. The number of oxazole rings is 1. The zero-order chi connectivity index (χ0) is 15.9. The molecule has 118 valence electrons. The molecule has 1 N–H and O–H groups in total. The maximum atomic E-state index is 10.5. The molecule has 0 saturated heterocycles. The lowest BCUT2D eigenvalue weighted by Gasteiger charge is -2.07. The second-order valence-electron chi connectivity index (χ2n) is 4.87. The molecule has 5 nitrogen and oxygen atoms in total. The first-order valence-corrected chi connectivity index (χ1v) is 8.14. The Hall–Kier alpha value is -1.95. The third-order valence-corrected chi connectivity index (χ3v) is 3.99. The Morgan fingerprint density at radius 1 is 1.41 bits per heavy atom. The maximum Gasteiger partial charge on any atom is 0.313 e. The largest absolute Gasteiger partial charge is 0.493 e. The zero-order valence-corrected chi connectivity index (χ0v) is 13.5. The van der Waals surface area contributed by atoms with E-state index in [2.05, 4.69) is 4.98 Å². The van der Waals surface area contributed by atoms with E-state index in [0.717, 1.165) is 22.8 Å². The Morgan fingerprint density at radius 2 is 2.23 bits per heavy atom. The average Bonchev–Trinajstić information content (AvgIpc) is 2.77. The summed E-state index contributed by atoms with van der Waals surface area (Å²) in [6.07, 6.45) is 0.696. The van der Waals surface area contributed by atoms with E-state index in [-0.39, 0.29) is 5.75 Å². The molecule has 0 amide bonds. The molecule has 0 atom stereocenters. The van der Waals surface area contributed by atoms with Crippen LogP contribution in [0.25, 0.3) is 0 Å². The van der Waals surface area contributed by atoms with E-state index >= 15 is 0 Å². The van der Waals surface area contributed by atoms with E-state index in [1.165, 1.54) is 11.8 Å². The minimum absolute atomic E-state index is 0.107. The lowest BCUT2D eigenvalue weighted by Crippen LogP contribution is -2.03. The molecule has 0 radical (unpaired) electrons.